The van der Waals surface area contributed by atoms with Gasteiger partial charge in [0.2, 0.25) is 0 Å². The van der Waals surface area contributed by atoms with Gasteiger partial charge in [0.05, 0.1) is 0 Å². The van der Waals surface area contributed by atoms with Crippen molar-refractivity contribution >= 4 is 0 Å². The molecule has 0 unspecified atom stereocenters. The highest BCUT2D eigenvalue weighted by atomic mass is 15.2. The summed E-state index contributed by atoms with van der Waals surface area (Å²) >= 11 is 0. The van der Waals surface area contributed by atoms with Crippen LogP contribution in [-0.4, -0.2) is 28.5 Å². The van der Waals surface area contributed by atoms with Gasteiger partial charge in [-0.1, -0.05) is 0 Å². The molecule has 0 spiro atoms. The summed E-state index contributed by atoms with van der Waals surface area (Å²) in [5.74, 6) is 0. The Labute approximate surface area is 93.3 Å². The lowest BCUT2D eigenvalue weighted by molar-refractivity contribution is 0.177. The predicted molar refractivity (Wildman–Crippen MR) is 64.9 cm³/mol. The molecule has 1 heterocycles. The van der Waals surface area contributed by atoms with E-state index in [0.29, 0.717) is 12.1 Å². The Kier molecular flexibility index (Phi) is 4.76. The number of nitrogens with zero attached hydrogens (tertiary/aromatic N) is 2. The van der Waals surface area contributed by atoms with Crippen LogP contribution in [0.3, 0.4) is 0 Å². The molecule has 1 rings (SSSR count). The minimum absolute atomic E-state index is 0.617. The Hall–Kier alpha value is -0.890. The maximum Gasteiger partial charge on any atom is 0.0270 e. The van der Waals surface area contributed by atoms with Crippen LogP contribution in [0.2, 0.25) is 0 Å². The topological polar surface area (TPSA) is 16.1 Å². The molecule has 1 aromatic heterocycles. The number of pyridine rings is 1. The van der Waals surface area contributed by atoms with Gasteiger partial charge in [-0.15, -0.1) is 0 Å². The zero-order valence-electron chi connectivity index (χ0n) is 10.3. The molecular formula is C13H22N2. The monoisotopic (exact) mass is 206 g/mol. The summed E-state index contributed by atoms with van der Waals surface area (Å²) in [5.41, 5.74) is 1.37. The maximum atomic E-state index is 4.03. The fraction of sp³-hybridized carbons (Fsp3) is 0.615. The first kappa shape index (κ1) is 12.2. The molecule has 84 valence electrons. The lowest BCUT2D eigenvalue weighted by Gasteiger charge is -2.30. The van der Waals surface area contributed by atoms with Crippen LogP contribution in [0.5, 0.6) is 0 Å². The third-order valence-corrected chi connectivity index (χ3v) is 2.73. The Balaban J connectivity index is 2.47. The van der Waals surface area contributed by atoms with Crippen LogP contribution < -0.4 is 0 Å². The fourth-order valence-corrected chi connectivity index (χ4v) is 1.92. The van der Waals surface area contributed by atoms with Crippen LogP contribution in [0.25, 0.3) is 0 Å². The van der Waals surface area contributed by atoms with E-state index in [1.54, 1.807) is 0 Å². The molecule has 0 aliphatic heterocycles. The number of hydrogen-bond acceptors (Lipinski definition) is 2. The Morgan fingerprint density at radius 2 is 1.60 bits per heavy atom. The zero-order chi connectivity index (χ0) is 11.3. The predicted octanol–water partition coefficient (Wildman–Crippen LogP) is 2.74. The van der Waals surface area contributed by atoms with E-state index in [9.17, 15) is 0 Å². The SMILES string of the molecule is CC(C)N(CCc1ccncc1)C(C)C. The van der Waals surface area contributed by atoms with Gasteiger partial charge in [-0.25, -0.2) is 0 Å². The zero-order valence-corrected chi connectivity index (χ0v) is 10.3. The minimum Gasteiger partial charge on any atom is -0.298 e. The summed E-state index contributed by atoms with van der Waals surface area (Å²) in [6.07, 6.45) is 4.84. The molecular weight excluding hydrogens is 184 g/mol. The van der Waals surface area contributed by atoms with Crippen molar-refractivity contribution in [3.63, 3.8) is 0 Å². The minimum atomic E-state index is 0.617. The lowest BCUT2D eigenvalue weighted by atomic mass is 10.1. The van der Waals surface area contributed by atoms with Crippen molar-refractivity contribution in [1.29, 1.82) is 0 Å². The number of rotatable bonds is 5. The van der Waals surface area contributed by atoms with E-state index in [4.69, 9.17) is 0 Å². The van der Waals surface area contributed by atoms with E-state index in [1.165, 1.54) is 5.56 Å². The van der Waals surface area contributed by atoms with Gasteiger partial charge in [0, 0.05) is 31.0 Å². The Morgan fingerprint density at radius 1 is 1.07 bits per heavy atom. The highest BCUT2D eigenvalue weighted by Gasteiger charge is 2.12. The van der Waals surface area contributed by atoms with E-state index in [-0.39, 0.29) is 0 Å². The summed E-state index contributed by atoms with van der Waals surface area (Å²) in [6, 6.07) is 5.43. The van der Waals surface area contributed by atoms with E-state index < -0.39 is 0 Å². The fourth-order valence-electron chi connectivity index (χ4n) is 1.92. The van der Waals surface area contributed by atoms with Crippen LogP contribution in [0, 0.1) is 0 Å². The molecule has 2 heteroatoms. The highest BCUT2D eigenvalue weighted by Crippen LogP contribution is 2.07. The molecule has 15 heavy (non-hydrogen) atoms. The maximum absolute atomic E-state index is 4.03. The van der Waals surface area contributed by atoms with Gasteiger partial charge in [-0.05, 0) is 51.8 Å². The van der Waals surface area contributed by atoms with E-state index in [0.717, 1.165) is 13.0 Å². The average molecular weight is 206 g/mol. The molecule has 0 aromatic carbocycles. The molecule has 2 nitrogen and oxygen atoms in total. The van der Waals surface area contributed by atoms with E-state index >= 15 is 0 Å². The molecule has 0 fully saturated rings. The molecule has 0 aliphatic rings. The van der Waals surface area contributed by atoms with Crippen LogP contribution in [0.4, 0.5) is 0 Å². The number of hydrogen-bond donors (Lipinski definition) is 0. The van der Waals surface area contributed by atoms with Crippen molar-refractivity contribution in [3.8, 4) is 0 Å². The summed E-state index contributed by atoms with van der Waals surface area (Å²) in [5, 5.41) is 0. The largest absolute Gasteiger partial charge is 0.298 e. The van der Waals surface area contributed by atoms with Gasteiger partial charge in [0.15, 0.2) is 0 Å². The van der Waals surface area contributed by atoms with Gasteiger partial charge in [-0.2, -0.15) is 0 Å². The molecule has 0 N–H and O–H groups in total. The molecule has 0 radical (unpaired) electrons. The molecule has 0 aliphatic carbocycles. The van der Waals surface area contributed by atoms with Crippen molar-refractivity contribution in [3.05, 3.63) is 30.1 Å². The van der Waals surface area contributed by atoms with Crippen molar-refractivity contribution in [2.75, 3.05) is 6.54 Å². The molecule has 0 saturated heterocycles. The second-order valence-corrected chi connectivity index (χ2v) is 4.53. The number of aromatic nitrogens is 1. The first-order valence-corrected chi connectivity index (χ1v) is 5.76. The van der Waals surface area contributed by atoms with Gasteiger partial charge in [0.1, 0.15) is 0 Å². The van der Waals surface area contributed by atoms with Crippen molar-refractivity contribution in [2.45, 2.75) is 46.2 Å². The molecule has 0 bridgehead atoms. The van der Waals surface area contributed by atoms with Crippen LogP contribution in [0.15, 0.2) is 24.5 Å². The smallest absolute Gasteiger partial charge is 0.0270 e. The van der Waals surface area contributed by atoms with E-state index in [2.05, 4.69) is 49.7 Å². The van der Waals surface area contributed by atoms with Crippen molar-refractivity contribution in [1.82, 2.24) is 9.88 Å². The van der Waals surface area contributed by atoms with Crippen LogP contribution in [-0.2, 0) is 6.42 Å². The van der Waals surface area contributed by atoms with E-state index in [1.807, 2.05) is 12.4 Å². The van der Waals surface area contributed by atoms with Gasteiger partial charge in [0.25, 0.3) is 0 Å². The average Bonchev–Trinajstić information content (AvgIpc) is 2.18. The summed E-state index contributed by atoms with van der Waals surface area (Å²) in [7, 11) is 0. The summed E-state index contributed by atoms with van der Waals surface area (Å²) < 4.78 is 0. The third-order valence-electron chi connectivity index (χ3n) is 2.73. The summed E-state index contributed by atoms with van der Waals surface area (Å²) in [6.45, 7) is 10.2. The molecule has 0 amide bonds. The van der Waals surface area contributed by atoms with Crippen molar-refractivity contribution in [2.24, 2.45) is 0 Å². The van der Waals surface area contributed by atoms with Gasteiger partial charge >= 0.3 is 0 Å². The summed E-state index contributed by atoms with van der Waals surface area (Å²) in [4.78, 5) is 6.54. The second kappa shape index (κ2) is 5.86. The molecule has 0 saturated carbocycles. The first-order chi connectivity index (χ1) is 7.11. The second-order valence-electron chi connectivity index (χ2n) is 4.53. The van der Waals surface area contributed by atoms with Crippen molar-refractivity contribution < 1.29 is 0 Å². The quantitative estimate of drug-likeness (QED) is 0.736. The standard InChI is InChI=1S/C13H22N2/c1-11(2)15(12(3)4)10-7-13-5-8-14-9-6-13/h5-6,8-9,11-12H,7,10H2,1-4H3. The van der Waals surface area contributed by atoms with Gasteiger partial charge < -0.3 is 0 Å². The van der Waals surface area contributed by atoms with Gasteiger partial charge in [-0.3, -0.25) is 9.88 Å². The Morgan fingerprint density at radius 3 is 2.07 bits per heavy atom. The van der Waals surface area contributed by atoms with Crippen LogP contribution >= 0.6 is 0 Å². The first-order valence-electron chi connectivity index (χ1n) is 5.76. The third kappa shape index (κ3) is 4.00. The normalized spacial score (nSPS) is 11.7. The lowest BCUT2D eigenvalue weighted by Crippen LogP contribution is -2.38. The molecule has 1 aromatic rings. The highest BCUT2D eigenvalue weighted by molar-refractivity contribution is 5.09. The Bertz CT molecular complexity index is 259. The van der Waals surface area contributed by atoms with Crippen LogP contribution in [0.1, 0.15) is 33.3 Å². The molecule has 0 atom stereocenters.